The first-order valence-corrected chi connectivity index (χ1v) is 8.32. The average Bonchev–Trinajstić information content (AvgIpc) is 2.36. The topological polar surface area (TPSA) is 64.1 Å². The van der Waals surface area contributed by atoms with Crippen molar-refractivity contribution >= 4 is 10.2 Å². The summed E-state index contributed by atoms with van der Waals surface area (Å²) in [5, 5.41) is 10.1. The van der Waals surface area contributed by atoms with E-state index in [9.17, 15) is 13.5 Å². The normalized spacial score (nSPS) is 17.0. The molecule has 2 atom stereocenters. The summed E-state index contributed by atoms with van der Waals surface area (Å²) >= 11 is 0. The van der Waals surface area contributed by atoms with Crippen LogP contribution in [0.5, 0.6) is 0 Å². The Kier molecular flexibility index (Phi) is 7.10. The molecule has 0 spiro atoms. The molecule has 0 aliphatic heterocycles. The van der Waals surface area contributed by atoms with Gasteiger partial charge in [-0.3, -0.25) is 0 Å². The number of hydrogen-bond acceptors (Lipinski definition) is 4. The second-order valence-corrected chi connectivity index (χ2v) is 8.26. The van der Waals surface area contributed by atoms with Crippen molar-refractivity contribution in [2.45, 2.75) is 51.8 Å². The highest BCUT2D eigenvalue weighted by Gasteiger charge is 2.35. The Hall–Kier alpha value is -0.210. The fourth-order valence-electron chi connectivity index (χ4n) is 1.60. The fourth-order valence-corrected chi connectivity index (χ4v) is 3.11. The second kappa shape index (κ2) is 7.17. The van der Waals surface area contributed by atoms with Crippen LogP contribution < -0.4 is 0 Å². The Morgan fingerprint density at radius 1 is 1.15 bits per heavy atom. The molecule has 0 aromatic heterocycles. The van der Waals surface area contributed by atoms with Crippen molar-refractivity contribution in [3.8, 4) is 0 Å². The van der Waals surface area contributed by atoms with Gasteiger partial charge in [0.05, 0.1) is 6.10 Å². The summed E-state index contributed by atoms with van der Waals surface area (Å²) in [5.41, 5.74) is -0.453. The SMILES string of the molecule is CCC(C)(C)N(C)S(=O)(=O)N(C)CC(O)[C@H](C)N(C)C. The molecule has 20 heavy (non-hydrogen) atoms. The lowest BCUT2D eigenvalue weighted by atomic mass is 10.0. The molecule has 7 heteroatoms. The molecule has 1 N–H and O–H groups in total. The van der Waals surface area contributed by atoms with Gasteiger partial charge in [0, 0.05) is 32.2 Å². The molecule has 0 radical (unpaired) electrons. The van der Waals surface area contributed by atoms with Crippen LogP contribution in [0.3, 0.4) is 0 Å². The average molecular weight is 309 g/mol. The van der Waals surface area contributed by atoms with Gasteiger partial charge in [-0.25, -0.2) is 0 Å². The number of hydrogen-bond donors (Lipinski definition) is 1. The van der Waals surface area contributed by atoms with Crippen molar-refractivity contribution in [1.29, 1.82) is 0 Å². The molecule has 6 nitrogen and oxygen atoms in total. The molecule has 122 valence electrons. The molecular formula is C13H31N3O3S. The predicted molar refractivity (Wildman–Crippen MR) is 82.8 cm³/mol. The van der Waals surface area contributed by atoms with Crippen molar-refractivity contribution in [1.82, 2.24) is 13.5 Å². The Bertz CT molecular complexity index is 396. The third kappa shape index (κ3) is 4.66. The van der Waals surface area contributed by atoms with Gasteiger partial charge in [0.1, 0.15) is 0 Å². The van der Waals surface area contributed by atoms with E-state index in [1.54, 1.807) is 7.05 Å². The van der Waals surface area contributed by atoms with Gasteiger partial charge < -0.3 is 10.0 Å². The van der Waals surface area contributed by atoms with Gasteiger partial charge in [0.25, 0.3) is 10.2 Å². The molecule has 0 aromatic carbocycles. The molecule has 0 aliphatic rings. The number of aliphatic hydroxyl groups is 1. The molecule has 0 bridgehead atoms. The molecule has 0 aromatic rings. The zero-order valence-electron chi connectivity index (χ0n) is 14.1. The third-order valence-electron chi connectivity index (χ3n) is 4.27. The Labute approximate surface area is 124 Å². The molecule has 0 aliphatic carbocycles. The highest BCUT2D eigenvalue weighted by Crippen LogP contribution is 2.22. The first kappa shape index (κ1) is 19.8. The lowest BCUT2D eigenvalue weighted by Crippen LogP contribution is -2.53. The van der Waals surface area contributed by atoms with Crippen LogP contribution in [-0.4, -0.2) is 79.5 Å². The van der Waals surface area contributed by atoms with Crippen molar-refractivity contribution < 1.29 is 13.5 Å². The van der Waals surface area contributed by atoms with Crippen LogP contribution >= 0.6 is 0 Å². The Morgan fingerprint density at radius 2 is 1.60 bits per heavy atom. The zero-order chi connectivity index (χ0) is 16.3. The van der Waals surface area contributed by atoms with Crippen LogP contribution in [0.4, 0.5) is 0 Å². The minimum Gasteiger partial charge on any atom is -0.390 e. The Balaban J connectivity index is 4.97. The third-order valence-corrected chi connectivity index (χ3v) is 6.40. The maximum Gasteiger partial charge on any atom is 0.282 e. The first-order chi connectivity index (χ1) is 8.87. The van der Waals surface area contributed by atoms with Crippen molar-refractivity contribution in [3.63, 3.8) is 0 Å². The summed E-state index contributed by atoms with van der Waals surface area (Å²) in [4.78, 5) is 1.87. The number of nitrogens with zero attached hydrogens (tertiary/aromatic N) is 3. The first-order valence-electron chi connectivity index (χ1n) is 6.92. The minimum absolute atomic E-state index is 0.0752. The maximum absolute atomic E-state index is 12.5. The van der Waals surface area contributed by atoms with E-state index in [1.807, 2.05) is 46.7 Å². The predicted octanol–water partition coefficient (Wildman–Crippen LogP) is 0.594. The van der Waals surface area contributed by atoms with E-state index in [0.29, 0.717) is 6.42 Å². The molecule has 0 saturated heterocycles. The number of rotatable bonds is 8. The van der Waals surface area contributed by atoms with Crippen LogP contribution in [0.25, 0.3) is 0 Å². The molecule has 1 unspecified atom stereocenters. The largest absolute Gasteiger partial charge is 0.390 e. The maximum atomic E-state index is 12.5. The van der Waals surface area contributed by atoms with E-state index in [-0.39, 0.29) is 12.6 Å². The van der Waals surface area contributed by atoms with Gasteiger partial charge in [-0.15, -0.1) is 0 Å². The van der Waals surface area contributed by atoms with Crippen molar-refractivity contribution in [2.75, 3.05) is 34.7 Å². The van der Waals surface area contributed by atoms with Gasteiger partial charge in [-0.2, -0.15) is 17.0 Å². The summed E-state index contributed by atoms with van der Waals surface area (Å²) in [5.74, 6) is 0. The van der Waals surface area contributed by atoms with E-state index in [4.69, 9.17) is 0 Å². The van der Waals surface area contributed by atoms with E-state index in [0.717, 1.165) is 0 Å². The zero-order valence-corrected chi connectivity index (χ0v) is 14.9. The number of likely N-dealkylation sites (N-methyl/N-ethyl adjacent to an activating group) is 2. The van der Waals surface area contributed by atoms with E-state index >= 15 is 0 Å². The van der Waals surface area contributed by atoms with Crippen LogP contribution in [0, 0.1) is 0 Å². The lowest BCUT2D eigenvalue weighted by Gasteiger charge is -2.37. The fraction of sp³-hybridized carbons (Fsp3) is 1.00. The van der Waals surface area contributed by atoms with E-state index in [2.05, 4.69) is 0 Å². The van der Waals surface area contributed by atoms with Gasteiger partial charge in [-0.05, 0) is 41.3 Å². The Morgan fingerprint density at radius 3 is 1.95 bits per heavy atom. The van der Waals surface area contributed by atoms with Gasteiger partial charge in [-0.1, -0.05) is 6.92 Å². The van der Waals surface area contributed by atoms with E-state index < -0.39 is 21.9 Å². The van der Waals surface area contributed by atoms with Gasteiger partial charge >= 0.3 is 0 Å². The second-order valence-electron chi connectivity index (χ2n) is 6.19. The highest BCUT2D eigenvalue weighted by atomic mass is 32.2. The summed E-state index contributed by atoms with van der Waals surface area (Å²) < 4.78 is 27.6. The van der Waals surface area contributed by atoms with Crippen LogP contribution in [0.2, 0.25) is 0 Å². The standard InChI is InChI=1S/C13H31N3O3S/c1-9-13(3,4)16(8)20(18,19)15(7)10-12(17)11(2)14(5)6/h11-12,17H,9-10H2,1-8H3/t11-,12?/m0/s1. The molecule has 0 saturated carbocycles. The molecule has 0 rings (SSSR count). The van der Waals surface area contributed by atoms with Gasteiger partial charge in [0.2, 0.25) is 0 Å². The molecule has 0 amide bonds. The highest BCUT2D eigenvalue weighted by molar-refractivity contribution is 7.86. The minimum atomic E-state index is -3.57. The summed E-state index contributed by atoms with van der Waals surface area (Å²) in [7, 11) is 3.22. The smallest absolute Gasteiger partial charge is 0.282 e. The quantitative estimate of drug-likeness (QED) is 0.713. The lowest BCUT2D eigenvalue weighted by molar-refractivity contribution is 0.0711. The van der Waals surface area contributed by atoms with E-state index in [1.165, 1.54) is 15.7 Å². The van der Waals surface area contributed by atoms with Gasteiger partial charge in [0.15, 0.2) is 0 Å². The van der Waals surface area contributed by atoms with Crippen LogP contribution in [0.15, 0.2) is 0 Å². The molecule has 0 fully saturated rings. The monoisotopic (exact) mass is 309 g/mol. The summed E-state index contributed by atoms with van der Waals surface area (Å²) in [6.45, 7) is 7.67. The van der Waals surface area contributed by atoms with Crippen LogP contribution in [0.1, 0.15) is 34.1 Å². The van der Waals surface area contributed by atoms with Crippen molar-refractivity contribution in [2.24, 2.45) is 0 Å². The van der Waals surface area contributed by atoms with Crippen molar-refractivity contribution in [3.05, 3.63) is 0 Å². The van der Waals surface area contributed by atoms with Crippen LogP contribution in [-0.2, 0) is 10.2 Å². The summed E-state index contributed by atoms with van der Waals surface area (Å²) in [6.07, 6.45) is -0.0179. The number of aliphatic hydroxyl groups excluding tert-OH is 1. The molecular weight excluding hydrogens is 278 g/mol. The summed E-state index contributed by atoms with van der Waals surface area (Å²) in [6, 6.07) is -0.114. The molecule has 0 heterocycles.